The lowest BCUT2D eigenvalue weighted by atomic mass is 10.1. The van der Waals surface area contributed by atoms with Gasteiger partial charge >= 0.3 is 0 Å². The first-order valence-electron chi connectivity index (χ1n) is 3.97. The summed E-state index contributed by atoms with van der Waals surface area (Å²) >= 11 is 5.77. The van der Waals surface area contributed by atoms with E-state index in [4.69, 9.17) is 11.6 Å². The highest BCUT2D eigenvalue weighted by atomic mass is 35.5. The Labute approximate surface area is 81.7 Å². The lowest BCUT2D eigenvalue weighted by molar-refractivity contribution is 1.40. The molecule has 1 heterocycles. The van der Waals surface area contributed by atoms with Crippen LogP contribution in [0.1, 0.15) is 5.56 Å². The lowest BCUT2D eigenvalue weighted by Gasteiger charge is -1.99. The second-order valence-corrected chi connectivity index (χ2v) is 3.28. The maximum absolute atomic E-state index is 5.77. The number of hydrogen-bond donors (Lipinski definition) is 0. The average molecular weight is 190 g/mol. The molecule has 0 unspecified atom stereocenters. The molecule has 2 rings (SSSR count). The number of rotatable bonds is 1. The minimum Gasteiger partial charge on any atom is -0.256 e. The van der Waals surface area contributed by atoms with Gasteiger partial charge in [-0.15, -0.1) is 0 Å². The molecular weight excluding hydrogens is 182 g/mol. The Bertz CT molecular complexity index is 462. The van der Waals surface area contributed by atoms with Crippen LogP contribution >= 0.6 is 11.6 Å². The SMILES string of the molecule is C=C(Cl)c1cnc2ccccc2c1. The van der Waals surface area contributed by atoms with E-state index in [-0.39, 0.29) is 0 Å². The molecule has 0 saturated heterocycles. The Morgan fingerprint density at radius 2 is 2.08 bits per heavy atom. The maximum Gasteiger partial charge on any atom is 0.0702 e. The minimum atomic E-state index is 0.526. The van der Waals surface area contributed by atoms with E-state index in [9.17, 15) is 0 Å². The fourth-order valence-electron chi connectivity index (χ4n) is 1.22. The third-order valence-corrected chi connectivity index (χ3v) is 2.12. The Hall–Kier alpha value is -1.34. The quantitative estimate of drug-likeness (QED) is 0.670. The Balaban J connectivity index is 2.69. The zero-order valence-electron chi connectivity index (χ0n) is 7.00. The molecule has 1 aromatic carbocycles. The summed E-state index contributed by atoms with van der Waals surface area (Å²) in [5.41, 5.74) is 1.85. The van der Waals surface area contributed by atoms with E-state index in [2.05, 4.69) is 11.6 Å². The molecule has 0 aliphatic carbocycles. The zero-order valence-corrected chi connectivity index (χ0v) is 7.75. The van der Waals surface area contributed by atoms with Gasteiger partial charge in [0.1, 0.15) is 0 Å². The third kappa shape index (κ3) is 1.56. The van der Waals surface area contributed by atoms with Crippen LogP contribution in [0.3, 0.4) is 0 Å². The van der Waals surface area contributed by atoms with Gasteiger partial charge in [-0.2, -0.15) is 0 Å². The second kappa shape index (κ2) is 3.19. The number of halogens is 1. The fourth-order valence-corrected chi connectivity index (χ4v) is 1.32. The van der Waals surface area contributed by atoms with Gasteiger partial charge in [0, 0.05) is 22.2 Å². The van der Waals surface area contributed by atoms with E-state index in [1.165, 1.54) is 0 Å². The number of aromatic nitrogens is 1. The van der Waals surface area contributed by atoms with Crippen LogP contribution < -0.4 is 0 Å². The van der Waals surface area contributed by atoms with E-state index >= 15 is 0 Å². The van der Waals surface area contributed by atoms with Gasteiger partial charge in [-0.1, -0.05) is 36.4 Å². The van der Waals surface area contributed by atoms with Gasteiger partial charge in [-0.05, 0) is 12.1 Å². The summed E-state index contributed by atoms with van der Waals surface area (Å²) in [6, 6.07) is 9.90. The van der Waals surface area contributed by atoms with Crippen molar-refractivity contribution in [2.45, 2.75) is 0 Å². The van der Waals surface area contributed by atoms with Gasteiger partial charge in [0.25, 0.3) is 0 Å². The molecule has 0 fully saturated rings. The van der Waals surface area contributed by atoms with Crippen LogP contribution in [0.2, 0.25) is 0 Å². The van der Waals surface area contributed by atoms with Gasteiger partial charge in [-0.3, -0.25) is 4.98 Å². The summed E-state index contributed by atoms with van der Waals surface area (Å²) in [6.07, 6.45) is 1.73. The Morgan fingerprint density at radius 1 is 1.31 bits per heavy atom. The van der Waals surface area contributed by atoms with Gasteiger partial charge in [-0.25, -0.2) is 0 Å². The van der Waals surface area contributed by atoms with Crippen molar-refractivity contribution in [3.63, 3.8) is 0 Å². The molecule has 0 spiro atoms. The van der Waals surface area contributed by atoms with Crippen molar-refractivity contribution >= 4 is 27.5 Å². The molecule has 0 N–H and O–H groups in total. The molecule has 0 amide bonds. The summed E-state index contributed by atoms with van der Waals surface area (Å²) in [4.78, 5) is 4.26. The second-order valence-electron chi connectivity index (χ2n) is 2.82. The highest BCUT2D eigenvalue weighted by Gasteiger charge is 1.97. The molecule has 0 atom stereocenters. The van der Waals surface area contributed by atoms with E-state index in [1.54, 1.807) is 6.20 Å². The van der Waals surface area contributed by atoms with E-state index in [0.29, 0.717) is 5.03 Å². The topological polar surface area (TPSA) is 12.9 Å². The highest BCUT2D eigenvalue weighted by molar-refractivity contribution is 6.48. The number of pyridine rings is 1. The fraction of sp³-hybridized carbons (Fsp3) is 0. The van der Waals surface area contributed by atoms with Crippen LogP contribution in [0, 0.1) is 0 Å². The highest BCUT2D eigenvalue weighted by Crippen LogP contribution is 2.19. The van der Waals surface area contributed by atoms with Crippen LogP contribution in [-0.2, 0) is 0 Å². The Kier molecular flexibility index (Phi) is 2.03. The van der Waals surface area contributed by atoms with Crippen LogP contribution in [0.5, 0.6) is 0 Å². The van der Waals surface area contributed by atoms with Crippen molar-refractivity contribution in [3.8, 4) is 0 Å². The summed E-state index contributed by atoms with van der Waals surface area (Å²) in [7, 11) is 0. The van der Waals surface area contributed by atoms with Crippen LogP contribution in [0.25, 0.3) is 15.9 Å². The first kappa shape index (κ1) is 8.27. The van der Waals surface area contributed by atoms with Gasteiger partial charge < -0.3 is 0 Å². The molecule has 0 bridgehead atoms. The molecule has 13 heavy (non-hydrogen) atoms. The minimum absolute atomic E-state index is 0.526. The summed E-state index contributed by atoms with van der Waals surface area (Å²) < 4.78 is 0. The largest absolute Gasteiger partial charge is 0.256 e. The molecule has 0 aliphatic heterocycles. The number of nitrogens with zero attached hydrogens (tertiary/aromatic N) is 1. The molecule has 0 saturated carbocycles. The molecule has 1 nitrogen and oxygen atoms in total. The number of hydrogen-bond acceptors (Lipinski definition) is 1. The summed E-state index contributed by atoms with van der Waals surface area (Å²) in [5, 5.41) is 1.61. The van der Waals surface area contributed by atoms with E-state index < -0.39 is 0 Å². The molecule has 64 valence electrons. The molecule has 2 aromatic rings. The molecule has 0 radical (unpaired) electrons. The predicted octanol–water partition coefficient (Wildman–Crippen LogP) is 3.44. The predicted molar refractivity (Wildman–Crippen MR) is 56.6 cm³/mol. The van der Waals surface area contributed by atoms with E-state index in [1.807, 2.05) is 30.3 Å². The first-order valence-corrected chi connectivity index (χ1v) is 4.35. The van der Waals surface area contributed by atoms with Gasteiger partial charge in [0.15, 0.2) is 0 Å². The smallest absolute Gasteiger partial charge is 0.0702 e. The first-order chi connectivity index (χ1) is 6.27. The van der Waals surface area contributed by atoms with Crippen molar-refractivity contribution in [3.05, 3.63) is 48.7 Å². The van der Waals surface area contributed by atoms with Gasteiger partial charge in [0.2, 0.25) is 0 Å². The van der Waals surface area contributed by atoms with Crippen LogP contribution in [-0.4, -0.2) is 4.98 Å². The normalized spacial score (nSPS) is 10.2. The number of benzene rings is 1. The van der Waals surface area contributed by atoms with Crippen molar-refractivity contribution in [2.24, 2.45) is 0 Å². The zero-order chi connectivity index (χ0) is 9.26. The third-order valence-electron chi connectivity index (χ3n) is 1.90. The van der Waals surface area contributed by atoms with Crippen molar-refractivity contribution in [2.75, 3.05) is 0 Å². The standard InChI is InChI=1S/C11H8ClN/c1-8(12)10-6-9-4-2-3-5-11(9)13-7-10/h2-7H,1H2. The van der Waals surface area contributed by atoms with Crippen molar-refractivity contribution < 1.29 is 0 Å². The summed E-state index contributed by atoms with van der Waals surface area (Å²) in [6.45, 7) is 3.66. The average Bonchev–Trinajstić information content (AvgIpc) is 2.17. The molecule has 0 aliphatic rings. The summed E-state index contributed by atoms with van der Waals surface area (Å²) in [5.74, 6) is 0. The van der Waals surface area contributed by atoms with Crippen molar-refractivity contribution in [1.82, 2.24) is 4.98 Å². The van der Waals surface area contributed by atoms with Crippen LogP contribution in [0.4, 0.5) is 0 Å². The lowest BCUT2D eigenvalue weighted by Crippen LogP contribution is -1.81. The molecule has 1 aromatic heterocycles. The number of fused-ring (bicyclic) bond motifs is 1. The van der Waals surface area contributed by atoms with Gasteiger partial charge in [0.05, 0.1) is 5.52 Å². The monoisotopic (exact) mass is 189 g/mol. The van der Waals surface area contributed by atoms with Crippen LogP contribution in [0.15, 0.2) is 43.1 Å². The number of para-hydroxylation sites is 1. The van der Waals surface area contributed by atoms with Crippen molar-refractivity contribution in [1.29, 1.82) is 0 Å². The molecule has 2 heteroatoms. The maximum atomic E-state index is 5.77. The Morgan fingerprint density at radius 3 is 2.85 bits per heavy atom. The van der Waals surface area contributed by atoms with E-state index in [0.717, 1.165) is 16.5 Å². The molecular formula is C11H8ClN.